The summed E-state index contributed by atoms with van der Waals surface area (Å²) in [6.45, 7) is 12.7. The zero-order chi connectivity index (χ0) is 22.1. The Morgan fingerprint density at radius 3 is 2.66 bits per heavy atom. The van der Waals surface area contributed by atoms with Crippen LogP contribution in [0.25, 0.3) is 0 Å². The van der Waals surface area contributed by atoms with Crippen molar-refractivity contribution in [2.75, 3.05) is 44.2 Å². The summed E-state index contributed by atoms with van der Waals surface area (Å²) in [5, 5.41) is 0. The second-order valence-corrected chi connectivity index (χ2v) is 11.6. The Bertz CT molecular complexity index is 904. The van der Waals surface area contributed by atoms with Gasteiger partial charge in [-0.2, -0.15) is 0 Å². The van der Waals surface area contributed by atoms with Crippen molar-refractivity contribution in [1.29, 1.82) is 0 Å². The zero-order valence-electron chi connectivity index (χ0n) is 19.9. The minimum absolute atomic E-state index is 0.0366. The Balaban J connectivity index is 1.12. The molecule has 2 aliphatic carbocycles. The fraction of sp³-hybridized carbons (Fsp3) is 0.741. The van der Waals surface area contributed by atoms with Gasteiger partial charge in [-0.1, -0.05) is 19.1 Å². The standard InChI is InChI=1S/C27H38N2O3/c1-18-6-4-7-22(19(18)2)29-12-10-28(11-13-29)16-21-20-14-24-26(3,15-23(20)32-25(21)30)8-5-9-27(24)17-31-27/h4,6-7,20-21,23-24H,5,8-17H2,1-3H3/t20-,21+,23+,24-,26+,27-/m1/s1. The van der Waals surface area contributed by atoms with Gasteiger partial charge in [-0.25, -0.2) is 0 Å². The van der Waals surface area contributed by atoms with Crippen molar-refractivity contribution in [2.45, 2.75) is 64.6 Å². The Kier molecular flexibility index (Phi) is 4.89. The molecule has 5 nitrogen and oxygen atoms in total. The number of hydrogen-bond acceptors (Lipinski definition) is 5. The number of nitrogens with zero attached hydrogens (tertiary/aromatic N) is 2. The third kappa shape index (κ3) is 3.30. The van der Waals surface area contributed by atoms with Gasteiger partial charge in [0.25, 0.3) is 0 Å². The van der Waals surface area contributed by atoms with Gasteiger partial charge in [0, 0.05) is 44.3 Å². The average Bonchev–Trinajstić information content (AvgIpc) is 3.47. The molecule has 1 aromatic carbocycles. The van der Waals surface area contributed by atoms with Gasteiger partial charge >= 0.3 is 5.97 Å². The summed E-state index contributed by atoms with van der Waals surface area (Å²) >= 11 is 0. The highest BCUT2D eigenvalue weighted by molar-refractivity contribution is 5.75. The number of anilines is 1. The molecule has 32 heavy (non-hydrogen) atoms. The SMILES string of the molecule is Cc1cccc(N2CCN(C[C@@H]3C(=O)O[C@H]4C[C@]5(C)CCC[C@@]6(CO6)[C@@H]5C[C@@H]43)CC2)c1C. The predicted molar refractivity (Wildman–Crippen MR) is 125 cm³/mol. The summed E-state index contributed by atoms with van der Waals surface area (Å²) in [5.41, 5.74) is 4.52. The van der Waals surface area contributed by atoms with Crippen LogP contribution in [-0.2, 0) is 14.3 Å². The van der Waals surface area contributed by atoms with E-state index in [1.165, 1.54) is 36.1 Å². The van der Waals surface area contributed by atoms with Gasteiger partial charge in [0.15, 0.2) is 0 Å². The molecule has 5 fully saturated rings. The average molecular weight is 439 g/mol. The Labute approximate surface area is 192 Å². The molecule has 0 unspecified atom stereocenters. The van der Waals surface area contributed by atoms with Crippen molar-refractivity contribution in [3.05, 3.63) is 29.3 Å². The number of benzene rings is 1. The molecule has 5 heteroatoms. The lowest BCUT2D eigenvalue weighted by Crippen LogP contribution is -2.52. The van der Waals surface area contributed by atoms with E-state index in [9.17, 15) is 4.79 Å². The van der Waals surface area contributed by atoms with Gasteiger partial charge < -0.3 is 14.4 Å². The van der Waals surface area contributed by atoms with E-state index in [1.807, 2.05) is 0 Å². The topological polar surface area (TPSA) is 45.3 Å². The van der Waals surface area contributed by atoms with E-state index in [2.05, 4.69) is 48.8 Å². The first kappa shape index (κ1) is 21.0. The van der Waals surface area contributed by atoms with Crippen LogP contribution in [-0.4, -0.2) is 61.9 Å². The van der Waals surface area contributed by atoms with Crippen LogP contribution in [0.3, 0.4) is 0 Å². The fourth-order valence-corrected chi connectivity index (χ4v) is 7.69. The second kappa shape index (κ2) is 7.46. The largest absolute Gasteiger partial charge is 0.462 e. The van der Waals surface area contributed by atoms with Crippen LogP contribution in [0.15, 0.2) is 18.2 Å². The Morgan fingerprint density at radius 2 is 1.91 bits per heavy atom. The number of piperazine rings is 1. The molecule has 174 valence electrons. The van der Waals surface area contributed by atoms with Crippen LogP contribution in [0, 0.1) is 37.0 Å². The lowest BCUT2D eigenvalue weighted by molar-refractivity contribution is -0.147. The minimum Gasteiger partial charge on any atom is -0.462 e. The van der Waals surface area contributed by atoms with Crippen LogP contribution < -0.4 is 4.90 Å². The van der Waals surface area contributed by atoms with Gasteiger partial charge in [0.1, 0.15) is 6.10 Å². The van der Waals surface area contributed by atoms with Gasteiger partial charge in [-0.05, 0) is 74.5 Å². The number of carbonyl (C=O) groups excluding carboxylic acids is 1. The van der Waals surface area contributed by atoms with E-state index in [1.54, 1.807) is 0 Å². The van der Waals surface area contributed by atoms with E-state index >= 15 is 0 Å². The third-order valence-electron chi connectivity index (χ3n) is 9.82. The van der Waals surface area contributed by atoms with Crippen molar-refractivity contribution in [1.82, 2.24) is 4.90 Å². The molecule has 5 aliphatic rings. The van der Waals surface area contributed by atoms with E-state index in [-0.39, 0.29) is 29.0 Å². The van der Waals surface area contributed by atoms with Gasteiger partial charge in [0.2, 0.25) is 0 Å². The van der Waals surface area contributed by atoms with Crippen LogP contribution in [0.5, 0.6) is 0 Å². The summed E-state index contributed by atoms with van der Waals surface area (Å²) in [7, 11) is 0. The lowest BCUT2D eigenvalue weighted by Gasteiger charge is -2.51. The van der Waals surface area contributed by atoms with Crippen LogP contribution in [0.2, 0.25) is 0 Å². The maximum Gasteiger partial charge on any atom is 0.310 e. The smallest absolute Gasteiger partial charge is 0.310 e. The van der Waals surface area contributed by atoms with E-state index in [0.29, 0.717) is 11.8 Å². The van der Waals surface area contributed by atoms with Crippen molar-refractivity contribution in [3.8, 4) is 0 Å². The molecule has 0 aromatic heterocycles. The normalized spacial score (nSPS) is 41.3. The molecule has 3 heterocycles. The molecule has 6 atom stereocenters. The number of fused-ring (bicyclic) bond motifs is 3. The maximum absolute atomic E-state index is 13.0. The van der Waals surface area contributed by atoms with Crippen molar-refractivity contribution in [2.24, 2.45) is 23.2 Å². The summed E-state index contributed by atoms with van der Waals surface area (Å²) in [5.74, 6) is 1.07. The highest BCUT2D eigenvalue weighted by atomic mass is 16.6. The first-order valence-electron chi connectivity index (χ1n) is 12.8. The van der Waals surface area contributed by atoms with Crippen molar-refractivity contribution >= 4 is 11.7 Å². The van der Waals surface area contributed by atoms with Crippen LogP contribution in [0.1, 0.15) is 50.2 Å². The molecule has 0 N–H and O–H groups in total. The van der Waals surface area contributed by atoms with E-state index in [0.717, 1.165) is 52.2 Å². The molecule has 1 aromatic rings. The lowest BCUT2D eigenvalue weighted by atomic mass is 9.53. The van der Waals surface area contributed by atoms with E-state index in [4.69, 9.17) is 9.47 Å². The maximum atomic E-state index is 13.0. The van der Waals surface area contributed by atoms with Crippen LogP contribution >= 0.6 is 0 Å². The molecule has 2 saturated carbocycles. The number of ether oxygens (including phenoxy) is 2. The fourth-order valence-electron chi connectivity index (χ4n) is 7.69. The zero-order valence-corrected chi connectivity index (χ0v) is 19.9. The second-order valence-electron chi connectivity index (χ2n) is 11.6. The molecular weight excluding hydrogens is 400 g/mol. The number of carbonyl (C=O) groups is 1. The van der Waals surface area contributed by atoms with Crippen molar-refractivity contribution in [3.63, 3.8) is 0 Å². The van der Waals surface area contributed by atoms with Crippen molar-refractivity contribution < 1.29 is 14.3 Å². The summed E-state index contributed by atoms with van der Waals surface area (Å²) < 4.78 is 12.1. The van der Waals surface area contributed by atoms with Gasteiger partial charge in [0.05, 0.1) is 18.1 Å². The van der Waals surface area contributed by atoms with E-state index < -0.39 is 0 Å². The number of hydrogen-bond donors (Lipinski definition) is 0. The van der Waals surface area contributed by atoms with Gasteiger partial charge in [-0.3, -0.25) is 9.69 Å². The summed E-state index contributed by atoms with van der Waals surface area (Å²) in [6.07, 6.45) is 6.00. The molecule has 1 spiro atoms. The third-order valence-corrected chi connectivity index (χ3v) is 9.82. The first-order valence-corrected chi connectivity index (χ1v) is 12.8. The molecular formula is C27H38N2O3. The molecule has 3 aliphatic heterocycles. The molecule has 0 bridgehead atoms. The molecule has 0 amide bonds. The number of epoxide rings is 1. The Hall–Kier alpha value is -1.59. The highest BCUT2D eigenvalue weighted by Crippen LogP contribution is 2.62. The summed E-state index contributed by atoms with van der Waals surface area (Å²) in [6, 6.07) is 6.60. The monoisotopic (exact) mass is 438 g/mol. The quantitative estimate of drug-likeness (QED) is 0.528. The Morgan fingerprint density at radius 1 is 1.12 bits per heavy atom. The minimum atomic E-state index is 0.0366. The summed E-state index contributed by atoms with van der Waals surface area (Å²) in [4.78, 5) is 18.0. The highest BCUT2D eigenvalue weighted by Gasteiger charge is 2.65. The number of rotatable bonds is 3. The predicted octanol–water partition coefficient (Wildman–Crippen LogP) is 3.95. The first-order chi connectivity index (χ1) is 15.4. The number of aryl methyl sites for hydroxylation is 1. The van der Waals surface area contributed by atoms with Gasteiger partial charge in [-0.15, -0.1) is 0 Å². The molecule has 6 rings (SSSR count). The molecule has 3 saturated heterocycles. The van der Waals surface area contributed by atoms with Crippen LogP contribution in [0.4, 0.5) is 5.69 Å². The number of esters is 1. The molecule has 0 radical (unpaired) electrons.